The Kier molecular flexibility index (Phi) is 4.87. The summed E-state index contributed by atoms with van der Waals surface area (Å²) in [6, 6.07) is 46.3. The molecule has 42 heavy (non-hydrogen) atoms. The van der Waals surface area contributed by atoms with Crippen molar-refractivity contribution in [3.05, 3.63) is 140 Å². The van der Waals surface area contributed by atoms with Crippen molar-refractivity contribution in [3.8, 4) is 28.3 Å². The SMILES string of the molecule is c1ccc(-c2cc(-n3c4ccccc4c4c5ccccc5c5c6ccccc6oc5c43)cc(-c3ccccn3)n2)cc1. The van der Waals surface area contributed by atoms with E-state index in [2.05, 4.69) is 113 Å². The summed E-state index contributed by atoms with van der Waals surface area (Å²) in [4.78, 5) is 9.75. The number of nitrogens with zero attached hydrogens (tertiary/aromatic N) is 3. The molecule has 0 aliphatic heterocycles. The largest absolute Gasteiger partial charge is 0.454 e. The molecule has 0 amide bonds. The number of aromatic nitrogens is 3. The van der Waals surface area contributed by atoms with Gasteiger partial charge in [0.25, 0.3) is 0 Å². The molecule has 0 aliphatic carbocycles. The van der Waals surface area contributed by atoms with Crippen LogP contribution in [0.4, 0.5) is 0 Å². The summed E-state index contributed by atoms with van der Waals surface area (Å²) in [5.41, 5.74) is 8.54. The molecule has 0 atom stereocenters. The third kappa shape index (κ3) is 3.29. The maximum Gasteiger partial charge on any atom is 0.160 e. The van der Waals surface area contributed by atoms with Crippen LogP contribution in [0.2, 0.25) is 0 Å². The molecule has 4 heteroatoms. The van der Waals surface area contributed by atoms with E-state index < -0.39 is 0 Å². The number of para-hydroxylation sites is 2. The second-order valence-electron chi connectivity index (χ2n) is 10.6. The quantitative estimate of drug-likeness (QED) is 0.225. The number of pyridine rings is 2. The third-order valence-electron chi connectivity index (χ3n) is 8.22. The molecule has 0 saturated carbocycles. The van der Waals surface area contributed by atoms with E-state index in [1.54, 1.807) is 0 Å². The Balaban J connectivity index is 1.50. The molecule has 0 bridgehead atoms. The lowest BCUT2D eigenvalue weighted by molar-refractivity contribution is 0.671. The highest BCUT2D eigenvalue weighted by atomic mass is 16.3. The molecular formula is C38H23N3O. The van der Waals surface area contributed by atoms with Crippen molar-refractivity contribution < 1.29 is 4.42 Å². The number of hydrogen-bond donors (Lipinski definition) is 0. The molecule has 4 nitrogen and oxygen atoms in total. The van der Waals surface area contributed by atoms with Gasteiger partial charge < -0.3 is 8.98 Å². The van der Waals surface area contributed by atoms with Crippen LogP contribution in [0, 0.1) is 0 Å². The van der Waals surface area contributed by atoms with Crippen LogP contribution >= 0.6 is 0 Å². The zero-order valence-corrected chi connectivity index (χ0v) is 22.5. The Hall–Kier alpha value is -5.74. The minimum Gasteiger partial charge on any atom is -0.454 e. The minimum atomic E-state index is 0.819. The van der Waals surface area contributed by atoms with Gasteiger partial charge >= 0.3 is 0 Å². The zero-order valence-electron chi connectivity index (χ0n) is 22.5. The van der Waals surface area contributed by atoms with Crippen molar-refractivity contribution in [3.63, 3.8) is 0 Å². The number of hydrogen-bond acceptors (Lipinski definition) is 3. The van der Waals surface area contributed by atoms with Gasteiger partial charge in [-0.2, -0.15) is 0 Å². The van der Waals surface area contributed by atoms with E-state index in [1.807, 2.05) is 36.5 Å². The average Bonchev–Trinajstić information content (AvgIpc) is 3.62. The van der Waals surface area contributed by atoms with Gasteiger partial charge in [0.05, 0.1) is 33.8 Å². The van der Waals surface area contributed by atoms with Gasteiger partial charge in [-0.1, -0.05) is 97.1 Å². The minimum absolute atomic E-state index is 0.819. The molecule has 5 aromatic carbocycles. The van der Waals surface area contributed by atoms with Crippen LogP contribution in [-0.2, 0) is 0 Å². The Morgan fingerprint density at radius 2 is 1.19 bits per heavy atom. The van der Waals surface area contributed by atoms with E-state index in [4.69, 9.17) is 9.40 Å². The fourth-order valence-corrected chi connectivity index (χ4v) is 6.44. The van der Waals surface area contributed by atoms with E-state index in [9.17, 15) is 0 Å². The van der Waals surface area contributed by atoms with Gasteiger partial charge in [0.15, 0.2) is 5.58 Å². The molecule has 0 fully saturated rings. The Labute approximate surface area is 241 Å². The monoisotopic (exact) mass is 537 g/mol. The molecule has 4 aromatic heterocycles. The lowest BCUT2D eigenvalue weighted by atomic mass is 9.99. The first-order valence-electron chi connectivity index (χ1n) is 14.1. The van der Waals surface area contributed by atoms with Gasteiger partial charge in [-0.05, 0) is 47.2 Å². The molecule has 0 radical (unpaired) electrons. The van der Waals surface area contributed by atoms with Crippen LogP contribution in [0.15, 0.2) is 144 Å². The molecular weight excluding hydrogens is 514 g/mol. The van der Waals surface area contributed by atoms with Gasteiger partial charge in [0, 0.05) is 33.3 Å². The summed E-state index contributed by atoms with van der Waals surface area (Å²) in [5, 5.41) is 7.04. The molecule has 4 heterocycles. The van der Waals surface area contributed by atoms with Crippen LogP contribution < -0.4 is 0 Å². The predicted molar refractivity (Wildman–Crippen MR) is 172 cm³/mol. The maximum atomic E-state index is 6.75. The molecule has 0 N–H and O–H groups in total. The highest BCUT2D eigenvalue weighted by Crippen LogP contribution is 2.45. The summed E-state index contributed by atoms with van der Waals surface area (Å²) in [5.74, 6) is 0. The van der Waals surface area contributed by atoms with Gasteiger partial charge in [-0.25, -0.2) is 4.98 Å². The standard InChI is InChI=1S/C38H23N3O/c1-2-12-24(13-3-1)31-22-25(23-32(40-31)30-18-10-11-21-39-30)41-33-19-8-6-16-28(33)35-26-14-4-5-15-27(26)36-29-17-7-9-20-34(29)42-38(36)37(35)41/h1-23H. The fraction of sp³-hybridized carbons (Fsp3) is 0. The van der Waals surface area contributed by atoms with Crippen molar-refractivity contribution in [2.75, 3.05) is 0 Å². The second-order valence-corrected chi connectivity index (χ2v) is 10.6. The van der Waals surface area contributed by atoms with Crippen LogP contribution in [-0.4, -0.2) is 14.5 Å². The summed E-state index contributed by atoms with van der Waals surface area (Å²) in [6.45, 7) is 0. The van der Waals surface area contributed by atoms with Crippen LogP contribution in [0.3, 0.4) is 0 Å². The van der Waals surface area contributed by atoms with E-state index >= 15 is 0 Å². The van der Waals surface area contributed by atoms with Gasteiger partial charge in [0.2, 0.25) is 0 Å². The lowest BCUT2D eigenvalue weighted by Crippen LogP contribution is -1.99. The van der Waals surface area contributed by atoms with Crippen molar-refractivity contribution in [2.45, 2.75) is 0 Å². The van der Waals surface area contributed by atoms with Gasteiger partial charge in [0.1, 0.15) is 5.58 Å². The first kappa shape index (κ1) is 23.0. The number of fused-ring (bicyclic) bond motifs is 10. The van der Waals surface area contributed by atoms with Gasteiger partial charge in [-0.15, -0.1) is 0 Å². The predicted octanol–water partition coefficient (Wildman–Crippen LogP) is 9.96. The Morgan fingerprint density at radius 3 is 2.00 bits per heavy atom. The third-order valence-corrected chi connectivity index (χ3v) is 8.22. The Bertz CT molecular complexity index is 2400. The van der Waals surface area contributed by atoms with E-state index in [1.165, 1.54) is 21.5 Å². The van der Waals surface area contributed by atoms with Crippen molar-refractivity contribution >= 4 is 54.5 Å². The summed E-state index contributed by atoms with van der Waals surface area (Å²) < 4.78 is 9.10. The second kappa shape index (κ2) is 8.88. The highest BCUT2D eigenvalue weighted by Gasteiger charge is 2.23. The van der Waals surface area contributed by atoms with Crippen molar-refractivity contribution in [1.82, 2.24) is 14.5 Å². The van der Waals surface area contributed by atoms with E-state index in [0.717, 1.165) is 61.3 Å². The topological polar surface area (TPSA) is 43.9 Å². The summed E-state index contributed by atoms with van der Waals surface area (Å²) in [7, 11) is 0. The molecule has 9 rings (SSSR count). The summed E-state index contributed by atoms with van der Waals surface area (Å²) >= 11 is 0. The molecule has 0 saturated heterocycles. The highest BCUT2D eigenvalue weighted by molar-refractivity contribution is 6.35. The maximum absolute atomic E-state index is 6.75. The molecule has 9 aromatic rings. The normalized spacial score (nSPS) is 11.8. The number of rotatable bonds is 3. The lowest BCUT2D eigenvalue weighted by Gasteiger charge is -2.13. The van der Waals surface area contributed by atoms with Crippen LogP contribution in [0.25, 0.3) is 82.8 Å². The fourth-order valence-electron chi connectivity index (χ4n) is 6.44. The van der Waals surface area contributed by atoms with E-state index in [0.29, 0.717) is 0 Å². The number of benzene rings is 5. The molecule has 0 aliphatic rings. The molecule has 196 valence electrons. The first-order valence-corrected chi connectivity index (χ1v) is 14.1. The smallest absolute Gasteiger partial charge is 0.160 e. The molecule has 0 spiro atoms. The Morgan fingerprint density at radius 1 is 0.524 bits per heavy atom. The first-order chi connectivity index (χ1) is 20.8. The van der Waals surface area contributed by atoms with Crippen LogP contribution in [0.1, 0.15) is 0 Å². The average molecular weight is 538 g/mol. The van der Waals surface area contributed by atoms with E-state index in [-0.39, 0.29) is 0 Å². The van der Waals surface area contributed by atoms with Gasteiger partial charge in [-0.3, -0.25) is 4.98 Å². The number of furan rings is 1. The van der Waals surface area contributed by atoms with Crippen molar-refractivity contribution in [2.24, 2.45) is 0 Å². The summed E-state index contributed by atoms with van der Waals surface area (Å²) in [6.07, 6.45) is 1.82. The zero-order chi connectivity index (χ0) is 27.6. The van der Waals surface area contributed by atoms with Crippen LogP contribution in [0.5, 0.6) is 0 Å². The van der Waals surface area contributed by atoms with Crippen molar-refractivity contribution in [1.29, 1.82) is 0 Å². The molecule has 0 unspecified atom stereocenters.